The van der Waals surface area contributed by atoms with Crippen molar-refractivity contribution >= 4 is 17.5 Å². The Balaban J connectivity index is 1.32. The number of hydrogen-bond donors (Lipinski definition) is 3. The van der Waals surface area contributed by atoms with Gasteiger partial charge in [-0.15, -0.1) is 0 Å². The first kappa shape index (κ1) is 18.5. The van der Waals surface area contributed by atoms with Gasteiger partial charge in [0.25, 0.3) is 11.8 Å². The second-order valence-electron chi connectivity index (χ2n) is 8.75. The minimum absolute atomic E-state index is 0.0283. The van der Waals surface area contributed by atoms with Crippen molar-refractivity contribution in [2.75, 3.05) is 37.7 Å². The number of fused-ring (bicyclic) bond motifs is 1. The molecule has 1 aromatic heterocycles. The highest BCUT2D eigenvalue weighted by atomic mass is 19.3. The van der Waals surface area contributed by atoms with Crippen molar-refractivity contribution in [3.05, 3.63) is 17.8 Å². The number of nitrogens with one attached hydrogen (secondary N) is 2. The van der Waals surface area contributed by atoms with Crippen LogP contribution >= 0.6 is 0 Å². The number of rotatable bonds is 8. The van der Waals surface area contributed by atoms with Crippen LogP contribution in [0.4, 0.5) is 14.5 Å². The molecule has 2 unspecified atom stereocenters. The van der Waals surface area contributed by atoms with Gasteiger partial charge < -0.3 is 26.0 Å². The van der Waals surface area contributed by atoms with Gasteiger partial charge in [-0.3, -0.25) is 9.59 Å². The highest BCUT2D eigenvalue weighted by Crippen LogP contribution is 2.68. The maximum absolute atomic E-state index is 13.3. The zero-order chi connectivity index (χ0) is 20.4. The normalized spacial score (nSPS) is 29.7. The molecule has 0 spiro atoms. The number of halogens is 2. The Kier molecular flexibility index (Phi) is 4.00. The van der Waals surface area contributed by atoms with Gasteiger partial charge in [-0.1, -0.05) is 0 Å². The van der Waals surface area contributed by atoms with Gasteiger partial charge in [-0.2, -0.15) is 0 Å². The number of ether oxygens (including phenoxy) is 1. The van der Waals surface area contributed by atoms with Crippen molar-refractivity contribution in [1.29, 1.82) is 0 Å². The number of alkyl halides is 2. The fraction of sp³-hybridized carbons (Fsp3) is 0.632. The molecule has 3 heterocycles. The SMILES string of the molecule is NC(=O)CC1(NC(=O)c2ccc(N3CC(F)(F)C3)c(OCC3C4CC34)n2)CNC1. The molecule has 2 amide bonds. The molecule has 2 aliphatic heterocycles. The van der Waals surface area contributed by atoms with E-state index in [9.17, 15) is 18.4 Å². The Morgan fingerprint density at radius 2 is 2.03 bits per heavy atom. The summed E-state index contributed by atoms with van der Waals surface area (Å²) in [5.41, 5.74) is 5.16. The van der Waals surface area contributed by atoms with Gasteiger partial charge in [-0.05, 0) is 36.3 Å². The van der Waals surface area contributed by atoms with Gasteiger partial charge in [0, 0.05) is 13.1 Å². The Morgan fingerprint density at radius 3 is 2.55 bits per heavy atom. The minimum atomic E-state index is -2.72. The predicted octanol–water partition coefficient (Wildman–Crippen LogP) is 0.129. The first-order valence-corrected chi connectivity index (χ1v) is 9.83. The van der Waals surface area contributed by atoms with E-state index < -0.39 is 36.4 Å². The number of amides is 2. The fourth-order valence-corrected chi connectivity index (χ4v) is 4.25. The quantitative estimate of drug-likeness (QED) is 0.565. The van der Waals surface area contributed by atoms with Crippen LogP contribution in [0.5, 0.6) is 5.88 Å². The van der Waals surface area contributed by atoms with Gasteiger partial charge in [-0.25, -0.2) is 13.8 Å². The molecule has 4 N–H and O–H groups in total. The third-order valence-electron chi connectivity index (χ3n) is 6.34. The third-order valence-corrected chi connectivity index (χ3v) is 6.34. The smallest absolute Gasteiger partial charge is 0.282 e. The second-order valence-corrected chi connectivity index (χ2v) is 8.75. The van der Waals surface area contributed by atoms with Crippen LogP contribution in [-0.2, 0) is 4.79 Å². The van der Waals surface area contributed by atoms with Gasteiger partial charge in [0.1, 0.15) is 11.4 Å². The van der Waals surface area contributed by atoms with Crippen molar-refractivity contribution in [2.24, 2.45) is 23.5 Å². The summed E-state index contributed by atoms with van der Waals surface area (Å²) in [6.07, 6.45) is 1.27. The average molecular weight is 407 g/mol. The molecule has 0 bridgehead atoms. The number of primary amides is 1. The van der Waals surface area contributed by atoms with E-state index in [2.05, 4.69) is 15.6 Å². The highest BCUT2D eigenvalue weighted by molar-refractivity contribution is 5.94. The molecule has 2 aliphatic carbocycles. The molecule has 2 atom stereocenters. The molecule has 0 radical (unpaired) electrons. The molecule has 4 aliphatic rings. The van der Waals surface area contributed by atoms with Crippen LogP contribution in [0.15, 0.2) is 12.1 Å². The number of nitrogens with two attached hydrogens (primary N) is 1. The minimum Gasteiger partial charge on any atom is -0.476 e. The van der Waals surface area contributed by atoms with Crippen molar-refractivity contribution < 1.29 is 23.1 Å². The number of aromatic nitrogens is 1. The van der Waals surface area contributed by atoms with E-state index in [-0.39, 0.29) is 18.0 Å². The Labute approximate surface area is 166 Å². The molecule has 29 heavy (non-hydrogen) atoms. The lowest BCUT2D eigenvalue weighted by molar-refractivity contribution is -0.119. The van der Waals surface area contributed by atoms with E-state index in [0.29, 0.717) is 31.3 Å². The van der Waals surface area contributed by atoms with Crippen LogP contribution in [-0.4, -0.2) is 61.0 Å². The number of carbonyl (C=O) groups is 2. The lowest BCUT2D eigenvalue weighted by Crippen LogP contribution is -2.70. The molecular weight excluding hydrogens is 384 g/mol. The highest BCUT2D eigenvalue weighted by Gasteiger charge is 2.64. The summed E-state index contributed by atoms with van der Waals surface area (Å²) in [5.74, 6) is -1.48. The molecule has 1 aromatic rings. The largest absolute Gasteiger partial charge is 0.476 e. The van der Waals surface area contributed by atoms with Crippen molar-refractivity contribution in [2.45, 2.75) is 24.3 Å². The fourth-order valence-electron chi connectivity index (χ4n) is 4.25. The van der Waals surface area contributed by atoms with E-state index in [0.717, 1.165) is 11.8 Å². The predicted molar refractivity (Wildman–Crippen MR) is 98.9 cm³/mol. The molecule has 8 nitrogen and oxygen atoms in total. The van der Waals surface area contributed by atoms with E-state index in [4.69, 9.17) is 10.5 Å². The lowest BCUT2D eigenvalue weighted by Gasteiger charge is -2.42. The monoisotopic (exact) mass is 407 g/mol. The molecule has 0 aromatic carbocycles. The lowest BCUT2D eigenvalue weighted by atomic mass is 9.88. The second kappa shape index (κ2) is 6.25. The molecular formula is C19H23F2N5O3. The molecule has 156 valence electrons. The Hall–Kier alpha value is -2.49. The molecule has 10 heteroatoms. The molecule has 4 fully saturated rings. The maximum Gasteiger partial charge on any atom is 0.282 e. The van der Waals surface area contributed by atoms with Crippen LogP contribution in [0.3, 0.4) is 0 Å². The number of anilines is 1. The van der Waals surface area contributed by atoms with Crippen LogP contribution in [0.1, 0.15) is 23.3 Å². The van der Waals surface area contributed by atoms with E-state index in [1.165, 1.54) is 17.4 Å². The average Bonchev–Trinajstić information content (AvgIpc) is 3.49. The summed E-state index contributed by atoms with van der Waals surface area (Å²) in [4.78, 5) is 29.9. The van der Waals surface area contributed by atoms with Crippen molar-refractivity contribution in [3.8, 4) is 5.88 Å². The maximum atomic E-state index is 13.3. The van der Waals surface area contributed by atoms with Gasteiger partial charge in [0.2, 0.25) is 11.8 Å². The first-order valence-electron chi connectivity index (χ1n) is 9.83. The molecule has 2 saturated carbocycles. The summed E-state index contributed by atoms with van der Waals surface area (Å²) in [7, 11) is 0. The standard InChI is InChI=1S/C19H23F2N5O3/c20-19(21)8-26(9-19)14-2-1-13(24-17(14)29-5-12-10-3-11(10)12)16(28)25-18(4-15(22)27)6-23-7-18/h1-2,10-12,23H,3-9H2,(H2,22,27)(H,25,28). The van der Waals surface area contributed by atoms with Crippen molar-refractivity contribution in [1.82, 2.24) is 15.6 Å². The van der Waals surface area contributed by atoms with Gasteiger partial charge >= 0.3 is 0 Å². The number of nitrogens with zero attached hydrogens (tertiary/aromatic N) is 2. The van der Waals surface area contributed by atoms with E-state index >= 15 is 0 Å². The molecule has 5 rings (SSSR count). The third kappa shape index (κ3) is 3.50. The van der Waals surface area contributed by atoms with Crippen LogP contribution in [0.25, 0.3) is 0 Å². The van der Waals surface area contributed by atoms with Crippen LogP contribution in [0, 0.1) is 17.8 Å². The summed E-state index contributed by atoms with van der Waals surface area (Å²) < 4.78 is 32.5. The molecule has 2 saturated heterocycles. The Morgan fingerprint density at radius 1 is 1.31 bits per heavy atom. The Bertz CT molecular complexity index is 859. The van der Waals surface area contributed by atoms with Gasteiger partial charge in [0.05, 0.1) is 31.7 Å². The number of carbonyl (C=O) groups excluding carboxylic acids is 2. The summed E-state index contributed by atoms with van der Waals surface area (Å²) >= 11 is 0. The van der Waals surface area contributed by atoms with E-state index in [1.54, 1.807) is 6.07 Å². The van der Waals surface area contributed by atoms with E-state index in [1.807, 2.05) is 0 Å². The topological polar surface area (TPSA) is 110 Å². The number of pyridine rings is 1. The summed E-state index contributed by atoms with van der Waals surface area (Å²) in [6.45, 7) is 0.588. The van der Waals surface area contributed by atoms with Crippen LogP contribution < -0.4 is 26.0 Å². The van der Waals surface area contributed by atoms with Crippen molar-refractivity contribution in [3.63, 3.8) is 0 Å². The summed E-state index contributed by atoms with van der Waals surface area (Å²) in [5, 5.41) is 5.86. The van der Waals surface area contributed by atoms with Crippen LogP contribution in [0.2, 0.25) is 0 Å². The summed E-state index contributed by atoms with van der Waals surface area (Å²) in [6, 6.07) is 3.09. The first-order chi connectivity index (χ1) is 13.8. The zero-order valence-corrected chi connectivity index (χ0v) is 15.8. The zero-order valence-electron chi connectivity index (χ0n) is 15.8. The number of hydrogen-bond acceptors (Lipinski definition) is 6. The van der Waals surface area contributed by atoms with Gasteiger partial charge in [0.15, 0.2) is 0 Å².